The average Bonchev–Trinajstić information content (AvgIpc) is 2.78. The summed E-state index contributed by atoms with van der Waals surface area (Å²) >= 11 is 0. The lowest BCUT2D eigenvalue weighted by molar-refractivity contribution is -0.138. The number of ether oxygens (including phenoxy) is 1. The van der Waals surface area contributed by atoms with Gasteiger partial charge in [-0.25, -0.2) is 0 Å². The van der Waals surface area contributed by atoms with Crippen LogP contribution < -0.4 is 10.2 Å². The summed E-state index contributed by atoms with van der Waals surface area (Å²) in [5.74, 6) is -0.0653. The highest BCUT2D eigenvalue weighted by atomic mass is 16.5. The van der Waals surface area contributed by atoms with Crippen molar-refractivity contribution in [3.05, 3.63) is 30.1 Å². The number of benzene rings is 1. The summed E-state index contributed by atoms with van der Waals surface area (Å²) in [6.45, 7) is 5.82. The SMILES string of the molecule is CC(=O)N1CCC(NC(=O)[C@H]2CN(c3ccc(C#N)c4nccnc34)C[C@@H](C)O2)CC1. The number of hydrogen-bond donors (Lipinski definition) is 1. The second-order valence-corrected chi connectivity index (χ2v) is 8.13. The van der Waals surface area contributed by atoms with Crippen LogP contribution in [0.4, 0.5) is 5.69 Å². The van der Waals surface area contributed by atoms with Crippen molar-refractivity contribution in [3.63, 3.8) is 0 Å². The van der Waals surface area contributed by atoms with E-state index >= 15 is 0 Å². The predicted octanol–water partition coefficient (Wildman–Crippen LogP) is 1.22. The molecular weight excluding hydrogens is 396 g/mol. The van der Waals surface area contributed by atoms with Crippen LogP contribution in [0.15, 0.2) is 24.5 Å². The van der Waals surface area contributed by atoms with Crippen molar-refractivity contribution in [1.29, 1.82) is 5.26 Å². The highest BCUT2D eigenvalue weighted by Gasteiger charge is 2.33. The van der Waals surface area contributed by atoms with Crippen molar-refractivity contribution < 1.29 is 14.3 Å². The van der Waals surface area contributed by atoms with Crippen molar-refractivity contribution in [2.24, 2.45) is 0 Å². The summed E-state index contributed by atoms with van der Waals surface area (Å²) in [6, 6.07) is 5.80. The number of carbonyl (C=O) groups is 2. The molecule has 0 bridgehead atoms. The Hall–Kier alpha value is -3.25. The fourth-order valence-electron chi connectivity index (χ4n) is 4.31. The summed E-state index contributed by atoms with van der Waals surface area (Å²) in [5, 5.41) is 12.5. The van der Waals surface area contributed by atoms with Crippen LogP contribution in [0.3, 0.4) is 0 Å². The van der Waals surface area contributed by atoms with Crippen LogP contribution >= 0.6 is 0 Å². The predicted molar refractivity (Wildman–Crippen MR) is 114 cm³/mol. The van der Waals surface area contributed by atoms with Crippen LogP contribution in [0.25, 0.3) is 11.0 Å². The molecule has 0 radical (unpaired) electrons. The van der Waals surface area contributed by atoms with Crippen LogP contribution in [0.5, 0.6) is 0 Å². The van der Waals surface area contributed by atoms with Crippen molar-refractivity contribution in [2.45, 2.75) is 44.9 Å². The number of likely N-dealkylation sites (tertiary alicyclic amines) is 1. The molecule has 1 aromatic heterocycles. The number of nitrogens with zero attached hydrogens (tertiary/aromatic N) is 5. The Balaban J connectivity index is 1.48. The molecule has 0 saturated carbocycles. The number of rotatable bonds is 3. The van der Waals surface area contributed by atoms with Gasteiger partial charge >= 0.3 is 0 Å². The highest BCUT2D eigenvalue weighted by molar-refractivity contribution is 5.92. The Labute approximate surface area is 181 Å². The largest absolute Gasteiger partial charge is 0.364 e. The second-order valence-electron chi connectivity index (χ2n) is 8.13. The number of aromatic nitrogens is 2. The van der Waals surface area contributed by atoms with E-state index < -0.39 is 6.10 Å². The number of hydrogen-bond acceptors (Lipinski definition) is 7. The van der Waals surface area contributed by atoms with E-state index in [0.29, 0.717) is 42.8 Å². The van der Waals surface area contributed by atoms with Crippen molar-refractivity contribution in [1.82, 2.24) is 20.2 Å². The molecular formula is C22H26N6O3. The maximum Gasteiger partial charge on any atom is 0.251 e. The minimum absolute atomic E-state index is 0.0407. The standard InChI is InChI=1S/C22H26N6O3/c1-14-12-28(18-4-3-16(11-23)20-21(18)25-8-7-24-20)13-19(31-14)22(30)26-17-5-9-27(10-6-17)15(2)29/h3-4,7-8,14,17,19H,5-6,9-10,12-13H2,1-2H3,(H,26,30)/t14-,19-/m1/s1. The van der Waals surface area contributed by atoms with Crippen LogP contribution in [0, 0.1) is 11.3 Å². The Bertz CT molecular complexity index is 1030. The third kappa shape index (κ3) is 4.44. The van der Waals surface area contributed by atoms with E-state index in [0.717, 1.165) is 18.5 Å². The van der Waals surface area contributed by atoms with Crippen LogP contribution in [0.2, 0.25) is 0 Å². The zero-order valence-corrected chi connectivity index (χ0v) is 17.7. The number of amides is 2. The van der Waals surface area contributed by atoms with Gasteiger partial charge in [0.25, 0.3) is 5.91 Å². The van der Waals surface area contributed by atoms with E-state index in [1.165, 1.54) is 0 Å². The van der Waals surface area contributed by atoms with Gasteiger partial charge in [0, 0.05) is 45.0 Å². The number of piperidine rings is 1. The fourth-order valence-corrected chi connectivity index (χ4v) is 4.31. The van der Waals surface area contributed by atoms with E-state index in [9.17, 15) is 14.9 Å². The van der Waals surface area contributed by atoms with Gasteiger partial charge in [0.2, 0.25) is 5.91 Å². The van der Waals surface area contributed by atoms with Crippen molar-refractivity contribution >= 4 is 28.5 Å². The Morgan fingerprint density at radius 2 is 1.87 bits per heavy atom. The molecule has 2 aliphatic rings. The molecule has 2 aromatic rings. The Kier molecular flexibility index (Phi) is 6.00. The smallest absolute Gasteiger partial charge is 0.251 e. The molecule has 9 nitrogen and oxygen atoms in total. The third-order valence-corrected chi connectivity index (χ3v) is 5.90. The first-order valence-electron chi connectivity index (χ1n) is 10.6. The lowest BCUT2D eigenvalue weighted by Crippen LogP contribution is -2.55. The Morgan fingerprint density at radius 3 is 2.55 bits per heavy atom. The van der Waals surface area contributed by atoms with E-state index in [1.807, 2.05) is 13.0 Å². The summed E-state index contributed by atoms with van der Waals surface area (Å²) in [6.07, 6.45) is 3.90. The van der Waals surface area contributed by atoms with Crippen LogP contribution in [-0.2, 0) is 14.3 Å². The molecule has 2 amide bonds. The quantitative estimate of drug-likeness (QED) is 0.792. The van der Waals surface area contributed by atoms with E-state index in [1.54, 1.807) is 30.3 Å². The topological polar surface area (TPSA) is 111 Å². The van der Waals surface area contributed by atoms with Gasteiger partial charge < -0.3 is 19.9 Å². The van der Waals surface area contributed by atoms with E-state index in [-0.39, 0.29) is 24.0 Å². The van der Waals surface area contributed by atoms with Gasteiger partial charge in [0.05, 0.1) is 23.9 Å². The molecule has 2 fully saturated rings. The number of anilines is 1. The molecule has 3 heterocycles. The van der Waals surface area contributed by atoms with Gasteiger partial charge in [-0.1, -0.05) is 0 Å². The van der Waals surface area contributed by atoms with Gasteiger partial charge in [0.15, 0.2) is 6.10 Å². The molecule has 0 spiro atoms. The average molecular weight is 422 g/mol. The first-order valence-corrected chi connectivity index (χ1v) is 10.6. The number of morpholine rings is 1. The van der Waals surface area contributed by atoms with Gasteiger partial charge in [-0.05, 0) is 31.9 Å². The molecule has 2 saturated heterocycles. The minimum atomic E-state index is -0.614. The summed E-state index contributed by atoms with van der Waals surface area (Å²) in [7, 11) is 0. The number of nitriles is 1. The number of nitrogens with one attached hydrogen (secondary N) is 1. The van der Waals surface area contributed by atoms with E-state index in [2.05, 4.69) is 26.3 Å². The van der Waals surface area contributed by atoms with Crippen LogP contribution in [-0.4, -0.2) is 71.1 Å². The molecule has 31 heavy (non-hydrogen) atoms. The molecule has 0 aliphatic carbocycles. The maximum atomic E-state index is 13.0. The third-order valence-electron chi connectivity index (χ3n) is 5.90. The van der Waals surface area contributed by atoms with Crippen molar-refractivity contribution in [2.75, 3.05) is 31.1 Å². The highest BCUT2D eigenvalue weighted by Crippen LogP contribution is 2.29. The van der Waals surface area contributed by atoms with Crippen molar-refractivity contribution in [3.8, 4) is 6.07 Å². The zero-order chi connectivity index (χ0) is 22.0. The monoisotopic (exact) mass is 422 g/mol. The van der Waals surface area contributed by atoms with Gasteiger partial charge in [-0.3, -0.25) is 19.6 Å². The lowest BCUT2D eigenvalue weighted by Gasteiger charge is -2.39. The molecule has 2 aliphatic heterocycles. The van der Waals surface area contributed by atoms with Crippen LogP contribution in [0.1, 0.15) is 32.3 Å². The Morgan fingerprint density at radius 1 is 1.16 bits per heavy atom. The lowest BCUT2D eigenvalue weighted by atomic mass is 10.0. The summed E-state index contributed by atoms with van der Waals surface area (Å²) in [5.41, 5.74) is 2.51. The zero-order valence-electron chi connectivity index (χ0n) is 17.7. The molecule has 0 unspecified atom stereocenters. The molecule has 9 heteroatoms. The first kappa shape index (κ1) is 21.0. The maximum absolute atomic E-state index is 13.0. The fraction of sp³-hybridized carbons (Fsp3) is 0.500. The summed E-state index contributed by atoms with van der Waals surface area (Å²) in [4.78, 5) is 37.1. The molecule has 1 N–H and O–H groups in total. The molecule has 4 rings (SSSR count). The summed E-state index contributed by atoms with van der Waals surface area (Å²) < 4.78 is 5.95. The number of fused-ring (bicyclic) bond motifs is 1. The molecule has 2 atom stereocenters. The number of carbonyl (C=O) groups excluding carboxylic acids is 2. The molecule has 162 valence electrons. The van der Waals surface area contributed by atoms with Gasteiger partial charge in [-0.15, -0.1) is 0 Å². The minimum Gasteiger partial charge on any atom is -0.364 e. The van der Waals surface area contributed by atoms with E-state index in [4.69, 9.17) is 4.74 Å². The second kappa shape index (κ2) is 8.86. The molecule has 1 aromatic carbocycles. The first-order chi connectivity index (χ1) is 15.0. The van der Waals surface area contributed by atoms with Gasteiger partial charge in [0.1, 0.15) is 17.1 Å². The normalized spacial score (nSPS) is 22.2. The van der Waals surface area contributed by atoms with Gasteiger partial charge in [-0.2, -0.15) is 5.26 Å².